The van der Waals surface area contributed by atoms with Gasteiger partial charge in [0, 0.05) is 12.6 Å². The number of carbonyl (C=O) groups is 2. The van der Waals surface area contributed by atoms with E-state index in [-0.39, 0.29) is 24.9 Å². The highest BCUT2D eigenvalue weighted by Crippen LogP contribution is 2.08. The van der Waals surface area contributed by atoms with Crippen molar-refractivity contribution in [3.8, 4) is 0 Å². The molecule has 0 unspecified atom stereocenters. The van der Waals surface area contributed by atoms with Gasteiger partial charge in [-0.3, -0.25) is 15.0 Å². The van der Waals surface area contributed by atoms with Crippen LogP contribution in [-0.4, -0.2) is 56.1 Å². The van der Waals surface area contributed by atoms with Crippen molar-refractivity contribution >= 4 is 24.3 Å². The molecule has 0 radical (unpaired) electrons. The zero-order chi connectivity index (χ0) is 13.4. The van der Waals surface area contributed by atoms with Crippen molar-refractivity contribution in [2.45, 2.75) is 32.2 Å². The van der Waals surface area contributed by atoms with E-state index in [0.717, 1.165) is 32.4 Å². The lowest BCUT2D eigenvalue weighted by atomic mass is 10.1. The van der Waals surface area contributed by atoms with Gasteiger partial charge in [-0.2, -0.15) is 0 Å². The molecule has 0 spiro atoms. The molecule has 0 aliphatic carbocycles. The van der Waals surface area contributed by atoms with Crippen LogP contribution < -0.4 is 16.0 Å². The minimum Gasteiger partial charge on any atom is -0.338 e. The molecule has 19 heavy (non-hydrogen) atoms. The van der Waals surface area contributed by atoms with Gasteiger partial charge in [-0.25, -0.2) is 4.79 Å². The predicted octanol–water partition coefficient (Wildman–Crippen LogP) is 0.328. The van der Waals surface area contributed by atoms with Crippen LogP contribution in [0.1, 0.15) is 26.2 Å². The summed E-state index contributed by atoms with van der Waals surface area (Å²) < 4.78 is 0. The minimum atomic E-state index is -0.402. The summed E-state index contributed by atoms with van der Waals surface area (Å²) in [7, 11) is 1.93. The van der Waals surface area contributed by atoms with Crippen LogP contribution in [-0.2, 0) is 4.79 Å². The van der Waals surface area contributed by atoms with Crippen molar-refractivity contribution in [2.24, 2.45) is 0 Å². The summed E-state index contributed by atoms with van der Waals surface area (Å²) in [6, 6.07) is 0.0243. The highest BCUT2D eigenvalue weighted by molar-refractivity contribution is 5.95. The van der Waals surface area contributed by atoms with E-state index in [4.69, 9.17) is 0 Å². The molecule has 1 aliphatic heterocycles. The van der Waals surface area contributed by atoms with Crippen LogP contribution in [0.15, 0.2) is 0 Å². The van der Waals surface area contributed by atoms with E-state index in [1.807, 2.05) is 18.9 Å². The number of urea groups is 1. The van der Waals surface area contributed by atoms with Crippen molar-refractivity contribution in [3.63, 3.8) is 0 Å². The number of hydrogen-bond donors (Lipinski definition) is 3. The molecule has 0 aromatic carbocycles. The Hall–Kier alpha value is -0.850. The molecule has 0 saturated carbocycles. The lowest BCUT2D eigenvalue weighted by Crippen LogP contribution is -2.48. The molecule has 6 nitrogen and oxygen atoms in total. The summed E-state index contributed by atoms with van der Waals surface area (Å²) in [4.78, 5) is 25.0. The first-order chi connectivity index (χ1) is 8.63. The molecule has 1 saturated heterocycles. The average molecular weight is 293 g/mol. The van der Waals surface area contributed by atoms with Crippen LogP contribution in [0.25, 0.3) is 0 Å². The summed E-state index contributed by atoms with van der Waals surface area (Å²) in [5, 5.41) is 8.24. The topological polar surface area (TPSA) is 73.5 Å². The Bertz CT molecular complexity index is 283. The Labute approximate surface area is 121 Å². The summed E-state index contributed by atoms with van der Waals surface area (Å²) in [5.41, 5.74) is 0. The molecule has 1 rings (SSSR count). The van der Waals surface area contributed by atoms with Gasteiger partial charge in [0.25, 0.3) is 0 Å². The Kier molecular flexibility index (Phi) is 9.55. The maximum absolute atomic E-state index is 11.6. The van der Waals surface area contributed by atoms with Gasteiger partial charge in [-0.05, 0) is 39.4 Å². The molecule has 0 bridgehead atoms. The maximum atomic E-state index is 11.6. The quantitative estimate of drug-likeness (QED) is 0.683. The van der Waals surface area contributed by atoms with Crippen LogP contribution in [0.2, 0.25) is 0 Å². The zero-order valence-corrected chi connectivity index (χ0v) is 12.5. The van der Waals surface area contributed by atoms with Gasteiger partial charge in [0.1, 0.15) is 0 Å². The van der Waals surface area contributed by atoms with Gasteiger partial charge in [0.15, 0.2) is 0 Å². The number of piperidine rings is 1. The third-order valence-electron chi connectivity index (χ3n) is 3.11. The Morgan fingerprint density at radius 2 is 1.95 bits per heavy atom. The fraction of sp³-hybridized carbons (Fsp3) is 0.833. The minimum absolute atomic E-state index is 0. The lowest BCUT2D eigenvalue weighted by molar-refractivity contribution is -0.121. The van der Waals surface area contributed by atoms with Crippen molar-refractivity contribution in [1.29, 1.82) is 0 Å². The predicted molar refractivity (Wildman–Crippen MR) is 77.6 cm³/mol. The number of nitrogens with one attached hydrogen (secondary N) is 3. The summed E-state index contributed by atoms with van der Waals surface area (Å²) in [6.07, 6.45) is 2.95. The second kappa shape index (κ2) is 10.00. The average Bonchev–Trinajstić information content (AvgIpc) is 2.37. The number of amides is 3. The number of rotatable bonds is 5. The fourth-order valence-electron chi connectivity index (χ4n) is 2.05. The van der Waals surface area contributed by atoms with Gasteiger partial charge in [0.05, 0.1) is 6.54 Å². The molecule has 3 N–H and O–H groups in total. The van der Waals surface area contributed by atoms with E-state index in [1.165, 1.54) is 0 Å². The number of halogens is 1. The molecular weight excluding hydrogens is 268 g/mol. The Morgan fingerprint density at radius 3 is 2.53 bits per heavy atom. The number of hydrogen-bond acceptors (Lipinski definition) is 4. The van der Waals surface area contributed by atoms with Crippen LogP contribution in [0, 0.1) is 0 Å². The second-order valence-corrected chi connectivity index (χ2v) is 4.70. The molecule has 7 heteroatoms. The largest absolute Gasteiger partial charge is 0.338 e. The molecule has 112 valence electrons. The van der Waals surface area contributed by atoms with Gasteiger partial charge >= 0.3 is 6.03 Å². The van der Waals surface area contributed by atoms with E-state index in [9.17, 15) is 9.59 Å². The van der Waals surface area contributed by atoms with Gasteiger partial charge in [-0.1, -0.05) is 6.92 Å². The highest BCUT2D eigenvalue weighted by atomic mass is 35.5. The smallest absolute Gasteiger partial charge is 0.321 e. The van der Waals surface area contributed by atoms with E-state index in [0.29, 0.717) is 12.6 Å². The molecule has 3 amide bonds. The molecule has 1 heterocycles. The molecule has 0 atom stereocenters. The first-order valence-corrected chi connectivity index (χ1v) is 6.62. The van der Waals surface area contributed by atoms with Crippen molar-refractivity contribution in [3.05, 3.63) is 0 Å². The van der Waals surface area contributed by atoms with Gasteiger partial charge < -0.3 is 10.6 Å². The van der Waals surface area contributed by atoms with Crippen molar-refractivity contribution in [1.82, 2.24) is 20.9 Å². The first-order valence-electron chi connectivity index (χ1n) is 6.62. The summed E-state index contributed by atoms with van der Waals surface area (Å²) in [6.45, 7) is 4.81. The molecule has 0 aromatic rings. The van der Waals surface area contributed by atoms with Crippen LogP contribution in [0.5, 0.6) is 0 Å². The monoisotopic (exact) mass is 292 g/mol. The number of nitrogens with zero attached hydrogens (tertiary/aromatic N) is 1. The first kappa shape index (κ1) is 18.1. The lowest BCUT2D eigenvalue weighted by Gasteiger charge is -2.30. The molecule has 1 fully saturated rings. The standard InChI is InChI=1S/C12H24N4O2.ClH/c1-3-6-14-12(18)15-11(17)9-16(2)10-4-7-13-8-5-10;/h10,13H,3-9H2,1-2H3,(H2,14,15,17,18);1H. The molecule has 0 aromatic heterocycles. The highest BCUT2D eigenvalue weighted by Gasteiger charge is 2.20. The number of carbonyl (C=O) groups excluding carboxylic acids is 2. The van der Waals surface area contributed by atoms with Crippen molar-refractivity contribution in [2.75, 3.05) is 33.2 Å². The maximum Gasteiger partial charge on any atom is 0.321 e. The zero-order valence-electron chi connectivity index (χ0n) is 11.7. The number of imide groups is 1. The molecule has 1 aliphatic rings. The normalized spacial score (nSPS) is 15.7. The van der Waals surface area contributed by atoms with Crippen LogP contribution in [0.4, 0.5) is 4.79 Å². The van der Waals surface area contributed by atoms with Crippen LogP contribution >= 0.6 is 12.4 Å². The summed E-state index contributed by atoms with van der Waals surface area (Å²) in [5.74, 6) is -0.246. The number of likely N-dealkylation sites (N-methyl/N-ethyl adjacent to an activating group) is 1. The van der Waals surface area contributed by atoms with Gasteiger partial charge in [0.2, 0.25) is 5.91 Å². The Morgan fingerprint density at radius 1 is 1.32 bits per heavy atom. The third kappa shape index (κ3) is 7.34. The second-order valence-electron chi connectivity index (χ2n) is 4.70. The van der Waals surface area contributed by atoms with E-state index in [1.54, 1.807) is 0 Å². The van der Waals surface area contributed by atoms with E-state index in [2.05, 4.69) is 16.0 Å². The SMILES string of the molecule is CCCNC(=O)NC(=O)CN(C)C1CCNCC1.Cl. The van der Waals surface area contributed by atoms with Crippen molar-refractivity contribution < 1.29 is 9.59 Å². The van der Waals surface area contributed by atoms with E-state index < -0.39 is 6.03 Å². The summed E-state index contributed by atoms with van der Waals surface area (Å²) >= 11 is 0. The third-order valence-corrected chi connectivity index (χ3v) is 3.11. The Balaban J connectivity index is 0.00000324. The molecular formula is C12H25ClN4O2. The fourth-order valence-corrected chi connectivity index (χ4v) is 2.05. The van der Waals surface area contributed by atoms with Crippen LogP contribution in [0.3, 0.4) is 0 Å². The van der Waals surface area contributed by atoms with Gasteiger partial charge in [-0.15, -0.1) is 12.4 Å². The van der Waals surface area contributed by atoms with E-state index >= 15 is 0 Å².